The van der Waals surface area contributed by atoms with E-state index in [9.17, 15) is 22.8 Å². The fourth-order valence-corrected chi connectivity index (χ4v) is 6.44. The molecule has 0 saturated carbocycles. The normalized spacial score (nSPS) is 14.3. The first-order valence-electron chi connectivity index (χ1n) is 10.4. The zero-order valence-corrected chi connectivity index (χ0v) is 20.3. The molecule has 0 unspecified atom stereocenters. The number of carbonyl (C=O) groups is 3. The highest BCUT2D eigenvalue weighted by Gasteiger charge is 2.32. The van der Waals surface area contributed by atoms with Crippen molar-refractivity contribution < 1.29 is 32.3 Å². The number of anilines is 1. The van der Waals surface area contributed by atoms with Crippen LogP contribution in [0.3, 0.4) is 0 Å². The summed E-state index contributed by atoms with van der Waals surface area (Å²) in [5.41, 5.74) is 0.625. The van der Waals surface area contributed by atoms with Crippen molar-refractivity contribution in [3.63, 3.8) is 0 Å². The van der Waals surface area contributed by atoms with E-state index in [-0.39, 0.29) is 31.8 Å². The van der Waals surface area contributed by atoms with Gasteiger partial charge in [-0.3, -0.25) is 9.52 Å². The number of benzene rings is 1. The molecule has 1 saturated heterocycles. The van der Waals surface area contributed by atoms with Gasteiger partial charge in [-0.05, 0) is 49.6 Å². The molecule has 1 amide bonds. The predicted octanol–water partition coefficient (Wildman–Crippen LogP) is 3.45. The molecule has 0 spiro atoms. The van der Waals surface area contributed by atoms with E-state index in [4.69, 9.17) is 9.47 Å². The molecule has 1 N–H and O–H groups in total. The monoisotopic (exact) mass is 494 g/mol. The molecule has 2 heterocycles. The van der Waals surface area contributed by atoms with E-state index in [2.05, 4.69) is 4.72 Å². The minimum Gasteiger partial charge on any atom is -0.465 e. The van der Waals surface area contributed by atoms with Crippen LogP contribution in [-0.2, 0) is 19.5 Å². The largest absolute Gasteiger partial charge is 0.465 e. The molecule has 0 bridgehead atoms. The maximum Gasteiger partial charge on any atom is 0.348 e. The van der Waals surface area contributed by atoms with Gasteiger partial charge in [-0.25, -0.2) is 18.0 Å². The lowest BCUT2D eigenvalue weighted by atomic mass is 10.2. The maximum atomic E-state index is 13.1. The first-order valence-corrected chi connectivity index (χ1v) is 12.7. The molecule has 1 aromatic carbocycles. The van der Waals surface area contributed by atoms with Crippen molar-refractivity contribution in [2.24, 2.45) is 0 Å². The summed E-state index contributed by atoms with van der Waals surface area (Å²) in [6.07, 6.45) is 4.16. The number of amides is 1. The first kappa shape index (κ1) is 24.7. The van der Waals surface area contributed by atoms with Crippen molar-refractivity contribution >= 4 is 44.9 Å². The lowest BCUT2D eigenvalue weighted by molar-refractivity contribution is 0.0596. The van der Waals surface area contributed by atoms with Crippen molar-refractivity contribution in [1.29, 1.82) is 0 Å². The second-order valence-corrected chi connectivity index (χ2v) is 10.5. The Morgan fingerprint density at radius 1 is 0.939 bits per heavy atom. The Labute approximate surface area is 196 Å². The summed E-state index contributed by atoms with van der Waals surface area (Å²) in [6, 6.07) is 6.10. The molecular formula is C22H26N2O7S2. The molecule has 33 heavy (non-hydrogen) atoms. The molecule has 0 atom stereocenters. The molecular weight excluding hydrogens is 468 g/mol. The Morgan fingerprint density at radius 2 is 1.52 bits per heavy atom. The summed E-state index contributed by atoms with van der Waals surface area (Å²) in [7, 11) is -1.94. The van der Waals surface area contributed by atoms with Gasteiger partial charge < -0.3 is 14.4 Å². The first-order chi connectivity index (χ1) is 15.7. The number of esters is 2. The number of likely N-dealkylation sites (tertiary alicyclic amines) is 1. The molecule has 0 radical (unpaired) electrons. The number of ether oxygens (including phenoxy) is 2. The van der Waals surface area contributed by atoms with Crippen molar-refractivity contribution in [3.8, 4) is 0 Å². The molecule has 3 rings (SSSR count). The molecule has 2 aromatic rings. The van der Waals surface area contributed by atoms with E-state index in [0.29, 0.717) is 30.0 Å². The summed E-state index contributed by atoms with van der Waals surface area (Å²) in [5, 5.41) is 0. The molecule has 0 aliphatic carbocycles. The van der Waals surface area contributed by atoms with Crippen molar-refractivity contribution in [1.82, 2.24) is 4.90 Å². The van der Waals surface area contributed by atoms with Gasteiger partial charge in [-0.15, -0.1) is 11.3 Å². The molecule has 1 aromatic heterocycles. The number of hydrogen-bond donors (Lipinski definition) is 1. The van der Waals surface area contributed by atoms with Gasteiger partial charge in [0.05, 0.1) is 19.8 Å². The average molecular weight is 495 g/mol. The molecule has 11 heteroatoms. The van der Waals surface area contributed by atoms with Gasteiger partial charge in [0.2, 0.25) is 0 Å². The Balaban J connectivity index is 1.87. The topological polar surface area (TPSA) is 119 Å². The third-order valence-corrected chi connectivity index (χ3v) is 8.57. The number of sulfonamides is 1. The van der Waals surface area contributed by atoms with Crippen LogP contribution in [0.2, 0.25) is 0 Å². The standard InChI is InChI=1S/C22H26N2O7S2/c1-14-17(20(26)30-2)22(32-18(14)21(27)31-3)33(28,29)23-16-10-8-15(9-11-16)19(25)24-12-6-4-5-7-13-24/h8-11,23H,4-7,12-13H2,1-3H3. The Hall–Kier alpha value is -2.92. The Morgan fingerprint density at radius 3 is 2.06 bits per heavy atom. The third-order valence-electron chi connectivity index (χ3n) is 5.40. The summed E-state index contributed by atoms with van der Waals surface area (Å²) >= 11 is 0.631. The summed E-state index contributed by atoms with van der Waals surface area (Å²) < 4.78 is 37.6. The van der Waals surface area contributed by atoms with Gasteiger partial charge in [0.15, 0.2) is 4.21 Å². The fraction of sp³-hybridized carbons (Fsp3) is 0.409. The Kier molecular flexibility index (Phi) is 7.75. The number of methoxy groups -OCH3 is 2. The second kappa shape index (κ2) is 10.3. The van der Waals surface area contributed by atoms with Gasteiger partial charge in [0.1, 0.15) is 4.88 Å². The van der Waals surface area contributed by atoms with Crippen LogP contribution in [0.15, 0.2) is 28.5 Å². The SMILES string of the molecule is COC(=O)c1sc(S(=O)(=O)Nc2ccc(C(=O)N3CCCCCC3)cc2)c(C(=O)OC)c1C. The van der Waals surface area contributed by atoms with Crippen LogP contribution < -0.4 is 4.72 Å². The predicted molar refractivity (Wildman–Crippen MR) is 123 cm³/mol. The smallest absolute Gasteiger partial charge is 0.348 e. The number of hydrogen-bond acceptors (Lipinski definition) is 8. The summed E-state index contributed by atoms with van der Waals surface area (Å²) in [6.45, 7) is 2.88. The van der Waals surface area contributed by atoms with Gasteiger partial charge in [0.25, 0.3) is 15.9 Å². The minimum absolute atomic E-state index is 0.00308. The highest BCUT2D eigenvalue weighted by atomic mass is 32.2. The van der Waals surface area contributed by atoms with Crippen LogP contribution in [-0.4, -0.2) is 58.5 Å². The van der Waals surface area contributed by atoms with E-state index in [1.54, 1.807) is 12.1 Å². The van der Waals surface area contributed by atoms with Gasteiger partial charge in [-0.2, -0.15) is 0 Å². The van der Waals surface area contributed by atoms with Crippen molar-refractivity contribution in [2.75, 3.05) is 32.0 Å². The van der Waals surface area contributed by atoms with Crippen molar-refractivity contribution in [2.45, 2.75) is 36.8 Å². The molecule has 178 valence electrons. The van der Waals surface area contributed by atoms with E-state index in [0.717, 1.165) is 32.8 Å². The zero-order chi connectivity index (χ0) is 24.2. The van der Waals surface area contributed by atoms with Gasteiger partial charge in [-0.1, -0.05) is 12.8 Å². The number of nitrogens with zero attached hydrogens (tertiary/aromatic N) is 1. The zero-order valence-electron chi connectivity index (χ0n) is 18.7. The van der Waals surface area contributed by atoms with E-state index in [1.807, 2.05) is 4.90 Å². The summed E-state index contributed by atoms with van der Waals surface area (Å²) in [4.78, 5) is 38.9. The highest BCUT2D eigenvalue weighted by Crippen LogP contribution is 2.34. The Bertz CT molecular complexity index is 1150. The lowest BCUT2D eigenvalue weighted by Gasteiger charge is -2.20. The highest BCUT2D eigenvalue weighted by molar-refractivity contribution is 7.94. The fourth-order valence-electron chi connectivity index (χ4n) is 3.64. The number of rotatable bonds is 6. The molecule has 1 aliphatic heterocycles. The summed E-state index contributed by atoms with van der Waals surface area (Å²) in [5.74, 6) is -1.71. The van der Waals surface area contributed by atoms with Crippen LogP contribution in [0.5, 0.6) is 0 Å². The van der Waals surface area contributed by atoms with Gasteiger partial charge >= 0.3 is 11.9 Å². The quantitative estimate of drug-likeness (QED) is 0.611. The maximum absolute atomic E-state index is 13.1. The second-order valence-electron chi connectivity index (χ2n) is 7.59. The third kappa shape index (κ3) is 5.36. The molecule has 1 fully saturated rings. The van der Waals surface area contributed by atoms with E-state index < -0.39 is 22.0 Å². The van der Waals surface area contributed by atoms with Crippen LogP contribution in [0.4, 0.5) is 5.69 Å². The lowest BCUT2D eigenvalue weighted by Crippen LogP contribution is -2.31. The van der Waals surface area contributed by atoms with E-state index >= 15 is 0 Å². The van der Waals surface area contributed by atoms with Gasteiger partial charge in [0, 0.05) is 24.3 Å². The van der Waals surface area contributed by atoms with Crippen molar-refractivity contribution in [3.05, 3.63) is 45.8 Å². The molecule has 9 nitrogen and oxygen atoms in total. The van der Waals surface area contributed by atoms with Crippen LogP contribution in [0.25, 0.3) is 0 Å². The molecule has 1 aliphatic rings. The van der Waals surface area contributed by atoms with Crippen LogP contribution >= 0.6 is 11.3 Å². The number of carbonyl (C=O) groups excluding carboxylic acids is 3. The van der Waals surface area contributed by atoms with E-state index in [1.165, 1.54) is 26.2 Å². The minimum atomic E-state index is -4.24. The average Bonchev–Trinajstić information content (AvgIpc) is 2.97. The van der Waals surface area contributed by atoms with Crippen LogP contribution in [0.1, 0.15) is 61.6 Å². The van der Waals surface area contributed by atoms with Crippen LogP contribution in [0, 0.1) is 6.92 Å². The number of thiophene rings is 1. The number of nitrogens with one attached hydrogen (secondary N) is 1.